The first kappa shape index (κ1) is 15.5. The summed E-state index contributed by atoms with van der Waals surface area (Å²) in [6.45, 7) is 2.05. The molecule has 1 aliphatic heterocycles. The average Bonchev–Trinajstić information content (AvgIpc) is 2.92. The Balaban J connectivity index is 2.17. The predicted octanol–water partition coefficient (Wildman–Crippen LogP) is 0.923. The van der Waals surface area contributed by atoms with E-state index in [-0.39, 0.29) is 18.0 Å². The second-order valence-electron chi connectivity index (χ2n) is 4.57. The number of amides is 3. The third-order valence-electron chi connectivity index (χ3n) is 3.14. The maximum absolute atomic E-state index is 12.1. The first-order valence-electron chi connectivity index (χ1n) is 6.52. The molecular formula is C13H15N3O6. The molecular weight excluding hydrogens is 294 g/mol. The van der Waals surface area contributed by atoms with Gasteiger partial charge in [0.15, 0.2) is 11.9 Å². The van der Waals surface area contributed by atoms with Gasteiger partial charge in [0.05, 0.1) is 18.1 Å². The summed E-state index contributed by atoms with van der Waals surface area (Å²) < 4.78 is 10.3. The maximum atomic E-state index is 12.1. The summed E-state index contributed by atoms with van der Waals surface area (Å²) in [6.07, 6.45) is -1.03. The van der Waals surface area contributed by atoms with Crippen molar-refractivity contribution in [2.45, 2.75) is 13.0 Å². The summed E-state index contributed by atoms with van der Waals surface area (Å²) in [5, 5.41) is 13.6. The number of carbonyl (C=O) groups excluding carboxylic acids is 2. The van der Waals surface area contributed by atoms with E-state index in [1.165, 1.54) is 32.2 Å². The van der Waals surface area contributed by atoms with Crippen molar-refractivity contribution in [3.05, 3.63) is 28.3 Å². The molecule has 1 saturated heterocycles. The van der Waals surface area contributed by atoms with Crippen LogP contribution in [0.5, 0.6) is 11.5 Å². The summed E-state index contributed by atoms with van der Waals surface area (Å²) in [5.74, 6) is -0.316. The van der Waals surface area contributed by atoms with Gasteiger partial charge in [-0.05, 0) is 19.1 Å². The van der Waals surface area contributed by atoms with Gasteiger partial charge in [-0.1, -0.05) is 0 Å². The summed E-state index contributed by atoms with van der Waals surface area (Å²) in [4.78, 5) is 35.0. The first-order valence-corrected chi connectivity index (χ1v) is 6.52. The van der Waals surface area contributed by atoms with Crippen LogP contribution in [0.4, 0.5) is 10.5 Å². The number of carbonyl (C=O) groups is 2. The van der Waals surface area contributed by atoms with Gasteiger partial charge in [-0.15, -0.1) is 0 Å². The molecule has 0 bridgehead atoms. The number of nitro groups is 1. The van der Waals surface area contributed by atoms with Gasteiger partial charge in [0.2, 0.25) is 0 Å². The van der Waals surface area contributed by atoms with Crippen molar-refractivity contribution in [2.75, 3.05) is 20.2 Å². The van der Waals surface area contributed by atoms with E-state index in [0.29, 0.717) is 12.3 Å². The fraction of sp³-hybridized carbons (Fsp3) is 0.385. The zero-order chi connectivity index (χ0) is 16.3. The predicted molar refractivity (Wildman–Crippen MR) is 74.9 cm³/mol. The van der Waals surface area contributed by atoms with Gasteiger partial charge < -0.3 is 14.8 Å². The molecule has 1 aromatic carbocycles. The lowest BCUT2D eigenvalue weighted by Crippen LogP contribution is -2.42. The molecule has 0 aliphatic carbocycles. The van der Waals surface area contributed by atoms with Crippen LogP contribution in [0.1, 0.15) is 6.92 Å². The molecule has 1 aromatic rings. The Morgan fingerprint density at radius 2 is 2.23 bits per heavy atom. The first-order chi connectivity index (χ1) is 10.4. The Morgan fingerprint density at radius 1 is 1.50 bits per heavy atom. The van der Waals surface area contributed by atoms with Crippen LogP contribution in [0, 0.1) is 10.1 Å². The van der Waals surface area contributed by atoms with Crippen molar-refractivity contribution in [2.24, 2.45) is 0 Å². The highest BCUT2D eigenvalue weighted by atomic mass is 16.6. The minimum atomic E-state index is -1.03. The second-order valence-corrected chi connectivity index (χ2v) is 4.57. The Bertz CT molecular complexity index is 618. The van der Waals surface area contributed by atoms with Crippen LogP contribution in [-0.4, -0.2) is 48.1 Å². The number of imide groups is 1. The molecule has 22 heavy (non-hydrogen) atoms. The largest absolute Gasteiger partial charge is 0.496 e. The number of nitrogens with zero attached hydrogens (tertiary/aromatic N) is 2. The van der Waals surface area contributed by atoms with Crippen LogP contribution in [0.2, 0.25) is 0 Å². The topological polar surface area (TPSA) is 111 Å². The number of ether oxygens (including phenoxy) is 2. The second kappa shape index (κ2) is 6.29. The third kappa shape index (κ3) is 3.08. The number of urea groups is 1. The molecule has 118 valence electrons. The Labute approximate surface area is 125 Å². The Hall–Kier alpha value is -2.84. The molecule has 0 radical (unpaired) electrons. The standard InChI is InChI=1S/C13H15N3O6/c1-8(12(17)15-6-5-14-13(15)18)22-11-4-3-9(21-2)7-10(11)16(19)20/h3-4,7-8H,5-6H2,1-2H3,(H,14,18)/t8-/m0/s1. The van der Waals surface area contributed by atoms with Crippen LogP contribution in [0.15, 0.2) is 18.2 Å². The molecule has 1 N–H and O–H groups in total. The summed E-state index contributed by atoms with van der Waals surface area (Å²) in [7, 11) is 1.39. The summed E-state index contributed by atoms with van der Waals surface area (Å²) in [5.41, 5.74) is -0.315. The van der Waals surface area contributed by atoms with E-state index < -0.39 is 23.0 Å². The lowest BCUT2D eigenvalue weighted by Gasteiger charge is -2.19. The third-order valence-corrected chi connectivity index (χ3v) is 3.14. The molecule has 1 fully saturated rings. The van der Waals surface area contributed by atoms with Crippen molar-refractivity contribution >= 4 is 17.6 Å². The number of hydrogen-bond acceptors (Lipinski definition) is 6. The average molecular weight is 309 g/mol. The summed E-state index contributed by atoms with van der Waals surface area (Å²) in [6, 6.07) is 3.55. The molecule has 1 aliphatic rings. The molecule has 1 atom stereocenters. The highest BCUT2D eigenvalue weighted by molar-refractivity contribution is 5.97. The van der Waals surface area contributed by atoms with Gasteiger partial charge in [0.25, 0.3) is 5.91 Å². The van der Waals surface area contributed by atoms with Crippen molar-refractivity contribution < 1.29 is 24.0 Å². The van der Waals surface area contributed by atoms with E-state index >= 15 is 0 Å². The molecule has 3 amide bonds. The maximum Gasteiger partial charge on any atom is 0.324 e. The Morgan fingerprint density at radius 3 is 2.77 bits per heavy atom. The van der Waals surface area contributed by atoms with Crippen molar-refractivity contribution in [1.29, 1.82) is 0 Å². The van der Waals surface area contributed by atoms with Gasteiger partial charge in [-0.2, -0.15) is 0 Å². The van der Waals surface area contributed by atoms with Crippen LogP contribution in [0.25, 0.3) is 0 Å². The fourth-order valence-corrected chi connectivity index (χ4v) is 2.01. The van der Waals surface area contributed by atoms with E-state index in [1.807, 2.05) is 0 Å². The Kier molecular flexibility index (Phi) is 4.44. The van der Waals surface area contributed by atoms with Gasteiger partial charge in [0, 0.05) is 13.1 Å². The molecule has 0 aromatic heterocycles. The van der Waals surface area contributed by atoms with Crippen LogP contribution < -0.4 is 14.8 Å². The van der Waals surface area contributed by atoms with Crippen molar-refractivity contribution in [3.63, 3.8) is 0 Å². The monoisotopic (exact) mass is 309 g/mol. The minimum Gasteiger partial charge on any atom is -0.496 e. The van der Waals surface area contributed by atoms with Gasteiger partial charge >= 0.3 is 11.7 Å². The van der Waals surface area contributed by atoms with Gasteiger partial charge in [-0.3, -0.25) is 19.8 Å². The van der Waals surface area contributed by atoms with E-state index in [2.05, 4.69) is 5.32 Å². The number of benzene rings is 1. The zero-order valence-corrected chi connectivity index (χ0v) is 12.1. The number of nitro benzene ring substituents is 1. The zero-order valence-electron chi connectivity index (χ0n) is 12.1. The molecule has 1 heterocycles. The smallest absolute Gasteiger partial charge is 0.324 e. The molecule has 0 unspecified atom stereocenters. The highest BCUT2D eigenvalue weighted by Gasteiger charge is 2.31. The van der Waals surface area contributed by atoms with Crippen LogP contribution in [-0.2, 0) is 4.79 Å². The quantitative estimate of drug-likeness (QED) is 0.639. The normalized spacial score (nSPS) is 15.2. The van der Waals surface area contributed by atoms with E-state index in [4.69, 9.17) is 9.47 Å². The molecule has 9 nitrogen and oxygen atoms in total. The lowest BCUT2D eigenvalue weighted by molar-refractivity contribution is -0.386. The molecule has 2 rings (SSSR count). The van der Waals surface area contributed by atoms with E-state index in [0.717, 1.165) is 4.90 Å². The molecule has 0 saturated carbocycles. The number of nitrogens with one attached hydrogen (secondary N) is 1. The van der Waals surface area contributed by atoms with E-state index in [1.54, 1.807) is 0 Å². The fourth-order valence-electron chi connectivity index (χ4n) is 2.01. The number of rotatable bonds is 5. The van der Waals surface area contributed by atoms with Gasteiger partial charge in [-0.25, -0.2) is 4.79 Å². The van der Waals surface area contributed by atoms with Crippen molar-refractivity contribution in [3.8, 4) is 11.5 Å². The number of hydrogen-bond donors (Lipinski definition) is 1. The number of methoxy groups -OCH3 is 1. The molecule has 0 spiro atoms. The molecule has 9 heteroatoms. The summed E-state index contributed by atoms with van der Waals surface area (Å²) >= 11 is 0. The van der Waals surface area contributed by atoms with Crippen molar-refractivity contribution in [1.82, 2.24) is 10.2 Å². The lowest BCUT2D eigenvalue weighted by atomic mass is 10.2. The van der Waals surface area contributed by atoms with Crippen LogP contribution in [0.3, 0.4) is 0 Å². The van der Waals surface area contributed by atoms with Gasteiger partial charge in [0.1, 0.15) is 5.75 Å². The highest BCUT2D eigenvalue weighted by Crippen LogP contribution is 2.31. The van der Waals surface area contributed by atoms with E-state index in [9.17, 15) is 19.7 Å². The van der Waals surface area contributed by atoms with Crippen LogP contribution >= 0.6 is 0 Å². The minimum absolute atomic E-state index is 0.0637. The SMILES string of the molecule is COc1ccc(O[C@@H](C)C(=O)N2CCNC2=O)c([N+](=O)[O-])c1.